The van der Waals surface area contributed by atoms with E-state index in [1.807, 2.05) is 12.1 Å². The normalized spacial score (nSPS) is 14.5. The van der Waals surface area contributed by atoms with Crippen molar-refractivity contribution >= 4 is 33.4 Å². The Kier molecular flexibility index (Phi) is 9.90. The van der Waals surface area contributed by atoms with Crippen LogP contribution in [0.15, 0.2) is 71.3 Å². The van der Waals surface area contributed by atoms with Gasteiger partial charge >= 0.3 is 6.43 Å². The number of carbonyl (C=O) groups excluding carboxylic acids is 2. The van der Waals surface area contributed by atoms with Gasteiger partial charge in [-0.3, -0.25) is 19.5 Å². The van der Waals surface area contributed by atoms with Crippen LogP contribution in [0, 0.1) is 6.92 Å². The van der Waals surface area contributed by atoms with Crippen molar-refractivity contribution in [3.8, 4) is 5.75 Å². The lowest BCUT2D eigenvalue weighted by Gasteiger charge is -2.34. The van der Waals surface area contributed by atoms with Crippen LogP contribution in [0.3, 0.4) is 0 Å². The third kappa shape index (κ3) is 7.80. The summed E-state index contributed by atoms with van der Waals surface area (Å²) in [6.45, 7) is 4.96. The second kappa shape index (κ2) is 14.0. The summed E-state index contributed by atoms with van der Waals surface area (Å²) < 4.78 is 44.9. The molecule has 14 heteroatoms. The van der Waals surface area contributed by atoms with Crippen LogP contribution >= 0.6 is 15.9 Å². The van der Waals surface area contributed by atoms with Crippen LogP contribution in [-0.2, 0) is 13.1 Å². The van der Waals surface area contributed by atoms with Crippen molar-refractivity contribution < 1.29 is 27.5 Å². The number of nitrogens with zero attached hydrogens (tertiary/aromatic N) is 6. The molecule has 1 saturated heterocycles. The standard InChI is InChI=1S/C30H29BrF3N7O3/c1-19-26(30(43)40-14-12-39(13-15-40)17-20-2-9-24(10-3-20)44-28(34)27(32)33)37-38-41(19)18-21-4-11-25(35-16-21)29(42)36-23-7-5-22(31)6-8-23/h2-11,16,27-28H,12-15,17-18H2,1H3,(H,36,42). The maximum Gasteiger partial charge on any atom is 0.304 e. The van der Waals surface area contributed by atoms with Gasteiger partial charge in [0.15, 0.2) is 5.69 Å². The number of piperazine rings is 1. The number of anilines is 1. The Balaban J connectivity index is 1.11. The number of hydrogen-bond donors (Lipinski definition) is 1. The molecule has 2 aromatic heterocycles. The van der Waals surface area contributed by atoms with Crippen LogP contribution in [0.4, 0.5) is 18.9 Å². The SMILES string of the molecule is Cc1c(C(=O)N2CCN(Cc3ccc(OC(F)C(F)F)cc3)CC2)nnn1Cc1ccc(C(=O)Nc2ccc(Br)cc2)nc1. The Hall–Kier alpha value is -4.30. The molecule has 3 heterocycles. The van der Waals surface area contributed by atoms with Gasteiger partial charge in [0, 0.05) is 49.1 Å². The molecular weight excluding hydrogens is 643 g/mol. The van der Waals surface area contributed by atoms with Crippen LogP contribution in [-0.4, -0.2) is 80.6 Å². The van der Waals surface area contributed by atoms with Gasteiger partial charge in [-0.15, -0.1) is 5.10 Å². The molecule has 0 saturated carbocycles. The zero-order chi connectivity index (χ0) is 31.2. The number of ether oxygens (including phenoxy) is 1. The second-order valence-corrected chi connectivity index (χ2v) is 11.1. The lowest BCUT2D eigenvalue weighted by atomic mass is 10.2. The Morgan fingerprint density at radius 3 is 2.25 bits per heavy atom. The summed E-state index contributed by atoms with van der Waals surface area (Å²) in [5.41, 5.74) is 3.54. The van der Waals surface area contributed by atoms with Gasteiger partial charge in [-0.1, -0.05) is 39.3 Å². The molecule has 1 aliphatic heterocycles. The summed E-state index contributed by atoms with van der Waals surface area (Å²) >= 11 is 3.36. The molecule has 1 N–H and O–H groups in total. The van der Waals surface area contributed by atoms with Gasteiger partial charge in [0.1, 0.15) is 11.4 Å². The zero-order valence-electron chi connectivity index (χ0n) is 23.7. The van der Waals surface area contributed by atoms with Crippen LogP contribution in [0.25, 0.3) is 0 Å². The minimum atomic E-state index is -3.21. The van der Waals surface area contributed by atoms with Crippen LogP contribution in [0.1, 0.15) is 37.8 Å². The van der Waals surface area contributed by atoms with E-state index < -0.39 is 12.8 Å². The van der Waals surface area contributed by atoms with E-state index in [-0.39, 0.29) is 29.0 Å². The molecule has 1 aliphatic rings. The van der Waals surface area contributed by atoms with Crippen molar-refractivity contribution in [3.63, 3.8) is 0 Å². The van der Waals surface area contributed by atoms with Crippen molar-refractivity contribution in [2.45, 2.75) is 32.8 Å². The largest absolute Gasteiger partial charge is 0.454 e. The van der Waals surface area contributed by atoms with Crippen LogP contribution in [0.5, 0.6) is 5.75 Å². The third-order valence-corrected chi connectivity index (χ3v) is 7.64. The van der Waals surface area contributed by atoms with Gasteiger partial charge in [-0.25, -0.2) is 13.5 Å². The van der Waals surface area contributed by atoms with Gasteiger partial charge in [0.05, 0.1) is 12.2 Å². The van der Waals surface area contributed by atoms with E-state index in [0.29, 0.717) is 50.6 Å². The Bertz CT molecular complexity index is 1580. The zero-order valence-corrected chi connectivity index (χ0v) is 25.3. The maximum absolute atomic E-state index is 13.2. The Morgan fingerprint density at radius 1 is 0.932 bits per heavy atom. The van der Waals surface area contributed by atoms with Gasteiger partial charge in [-0.05, 0) is 60.5 Å². The topological polar surface area (TPSA) is 105 Å². The number of aromatic nitrogens is 4. The molecule has 1 atom stereocenters. The fourth-order valence-electron chi connectivity index (χ4n) is 4.63. The number of amides is 2. The number of pyridine rings is 1. The molecule has 0 aliphatic carbocycles. The average Bonchev–Trinajstić information content (AvgIpc) is 3.38. The maximum atomic E-state index is 13.2. The van der Waals surface area contributed by atoms with Crippen molar-refractivity contribution in [1.29, 1.82) is 0 Å². The Labute approximate surface area is 259 Å². The molecule has 2 amide bonds. The number of halogens is 4. The van der Waals surface area contributed by atoms with Crippen molar-refractivity contribution in [1.82, 2.24) is 29.8 Å². The average molecular weight is 673 g/mol. The van der Waals surface area contributed by atoms with Crippen molar-refractivity contribution in [2.24, 2.45) is 0 Å². The minimum Gasteiger partial charge on any atom is -0.454 e. The molecule has 0 radical (unpaired) electrons. The molecular formula is C30H29BrF3N7O3. The summed E-state index contributed by atoms with van der Waals surface area (Å²) in [6, 6.07) is 17.0. The van der Waals surface area contributed by atoms with Gasteiger partial charge in [-0.2, -0.15) is 4.39 Å². The molecule has 10 nitrogen and oxygen atoms in total. The number of benzene rings is 2. The summed E-state index contributed by atoms with van der Waals surface area (Å²) in [5, 5.41) is 11.1. The first-order valence-corrected chi connectivity index (χ1v) is 14.6. The summed E-state index contributed by atoms with van der Waals surface area (Å²) in [7, 11) is 0. The number of hydrogen-bond acceptors (Lipinski definition) is 7. The highest BCUT2D eigenvalue weighted by Gasteiger charge is 2.26. The van der Waals surface area contributed by atoms with E-state index in [0.717, 1.165) is 15.6 Å². The van der Waals surface area contributed by atoms with E-state index in [9.17, 15) is 22.8 Å². The predicted molar refractivity (Wildman–Crippen MR) is 159 cm³/mol. The lowest BCUT2D eigenvalue weighted by molar-refractivity contribution is -0.0669. The summed E-state index contributed by atoms with van der Waals surface area (Å²) in [6.07, 6.45) is -4.27. The van der Waals surface area contributed by atoms with Crippen LogP contribution in [0.2, 0.25) is 0 Å². The van der Waals surface area contributed by atoms with E-state index in [1.165, 1.54) is 12.1 Å². The molecule has 4 aromatic rings. The van der Waals surface area contributed by atoms with Gasteiger partial charge < -0.3 is 15.0 Å². The molecule has 0 spiro atoms. The molecule has 230 valence electrons. The number of alkyl halides is 3. The molecule has 2 aromatic carbocycles. The first-order chi connectivity index (χ1) is 21.2. The first kappa shape index (κ1) is 31.1. The number of nitrogens with one attached hydrogen (secondary N) is 1. The predicted octanol–water partition coefficient (Wildman–Crippen LogP) is 4.94. The van der Waals surface area contributed by atoms with Gasteiger partial charge in [0.25, 0.3) is 18.2 Å². The highest BCUT2D eigenvalue weighted by molar-refractivity contribution is 9.10. The van der Waals surface area contributed by atoms with Crippen LogP contribution < -0.4 is 10.1 Å². The molecule has 0 bridgehead atoms. The monoisotopic (exact) mass is 671 g/mol. The highest BCUT2D eigenvalue weighted by atomic mass is 79.9. The first-order valence-electron chi connectivity index (χ1n) is 13.8. The second-order valence-electron chi connectivity index (χ2n) is 10.2. The summed E-state index contributed by atoms with van der Waals surface area (Å²) in [4.78, 5) is 34.0. The molecule has 5 rings (SSSR count). The number of carbonyl (C=O) groups is 2. The quantitative estimate of drug-likeness (QED) is 0.255. The van der Waals surface area contributed by atoms with Crippen molar-refractivity contribution in [3.05, 3.63) is 99.5 Å². The van der Waals surface area contributed by atoms with E-state index >= 15 is 0 Å². The van der Waals surface area contributed by atoms with E-state index in [1.54, 1.807) is 59.1 Å². The van der Waals surface area contributed by atoms with E-state index in [4.69, 9.17) is 0 Å². The molecule has 1 fully saturated rings. The summed E-state index contributed by atoms with van der Waals surface area (Å²) in [5.74, 6) is -0.489. The number of rotatable bonds is 10. The van der Waals surface area contributed by atoms with E-state index in [2.05, 4.69) is 46.2 Å². The van der Waals surface area contributed by atoms with Crippen molar-refractivity contribution in [2.75, 3.05) is 31.5 Å². The molecule has 1 unspecified atom stereocenters. The Morgan fingerprint density at radius 2 is 1.61 bits per heavy atom. The smallest absolute Gasteiger partial charge is 0.304 e. The third-order valence-electron chi connectivity index (χ3n) is 7.11. The highest BCUT2D eigenvalue weighted by Crippen LogP contribution is 2.20. The fraction of sp³-hybridized carbons (Fsp3) is 0.300. The molecule has 44 heavy (non-hydrogen) atoms. The minimum absolute atomic E-state index is 0.0358. The lowest BCUT2D eigenvalue weighted by Crippen LogP contribution is -2.48. The fourth-order valence-corrected chi connectivity index (χ4v) is 4.90. The van der Waals surface area contributed by atoms with Gasteiger partial charge in [0.2, 0.25) is 0 Å².